The van der Waals surface area contributed by atoms with Crippen LogP contribution < -0.4 is 20.5 Å². The second-order valence-electron chi connectivity index (χ2n) is 13.7. The summed E-state index contributed by atoms with van der Waals surface area (Å²) in [6, 6.07) is 38.5. The number of nitrogens with zero attached hydrogens (tertiary/aromatic N) is 1. The zero-order chi connectivity index (χ0) is 32.8. The highest BCUT2D eigenvalue weighted by Gasteiger charge is 2.43. The van der Waals surface area contributed by atoms with Crippen LogP contribution in [0.3, 0.4) is 0 Å². The molecule has 1 aromatic heterocycles. The van der Waals surface area contributed by atoms with Gasteiger partial charge in [-0.1, -0.05) is 77.9 Å². The van der Waals surface area contributed by atoms with Gasteiger partial charge in [0.1, 0.15) is 5.75 Å². The molecule has 0 spiro atoms. The van der Waals surface area contributed by atoms with E-state index in [-0.39, 0.29) is 6.92 Å². The van der Waals surface area contributed by atoms with E-state index in [1.807, 2.05) is 11.3 Å². The van der Waals surface area contributed by atoms with Crippen molar-refractivity contribution in [2.75, 3.05) is 4.90 Å². The molecule has 0 aliphatic carbocycles. The maximum Gasteiger partial charge on any atom is 0.431 e. The molecule has 0 atom stereocenters. The predicted molar refractivity (Wildman–Crippen MR) is 207 cm³/mol. The van der Waals surface area contributed by atoms with Crippen LogP contribution in [0.15, 0.2) is 109 Å². The summed E-state index contributed by atoms with van der Waals surface area (Å²) in [5.74, 6) is 0.941. The number of para-hydroxylation sites is 1. The third-order valence-corrected chi connectivity index (χ3v) is 11.2. The molecule has 0 amide bonds. The molecule has 4 heteroatoms. The minimum absolute atomic E-state index is 0.217. The Hall–Kier alpha value is -5.06. The molecule has 2 nitrogen and oxygen atoms in total. The molecule has 2 aliphatic heterocycles. The van der Waals surface area contributed by atoms with Crippen LogP contribution in [0.25, 0.3) is 43.5 Å². The van der Waals surface area contributed by atoms with Crippen molar-refractivity contribution in [3.8, 4) is 39.1 Å². The minimum atomic E-state index is -0.217. The number of aryl methyl sites for hydroxylation is 6. The number of thiophene rings is 1. The molecule has 232 valence electrons. The van der Waals surface area contributed by atoms with Crippen LogP contribution in [0.1, 0.15) is 33.4 Å². The zero-order valence-corrected chi connectivity index (χ0v) is 29.0. The van der Waals surface area contributed by atoms with E-state index in [2.05, 4.69) is 155 Å². The van der Waals surface area contributed by atoms with Gasteiger partial charge in [-0.2, -0.15) is 0 Å². The SMILES string of the molecule is Cc1cc(C)c(-c2ccc(N3c4ccc(-c5c(C)cc(C)cc5C)cc4B4Oc5ccccc5-c5cc6ccsc6c3c54)cc2)c(C)c1. The number of anilines is 3. The van der Waals surface area contributed by atoms with Gasteiger partial charge >= 0.3 is 6.92 Å². The van der Waals surface area contributed by atoms with E-state index < -0.39 is 0 Å². The summed E-state index contributed by atoms with van der Waals surface area (Å²) in [6.45, 7) is 13.0. The lowest BCUT2D eigenvalue weighted by Crippen LogP contribution is -2.56. The quantitative estimate of drug-likeness (QED) is 0.179. The van der Waals surface area contributed by atoms with Gasteiger partial charge in [0.25, 0.3) is 0 Å². The molecule has 9 rings (SSSR count). The van der Waals surface area contributed by atoms with E-state index in [9.17, 15) is 0 Å². The third kappa shape index (κ3) is 4.32. The molecule has 0 unspecified atom stereocenters. The van der Waals surface area contributed by atoms with E-state index >= 15 is 0 Å². The van der Waals surface area contributed by atoms with Crippen LogP contribution in [0.4, 0.5) is 17.1 Å². The van der Waals surface area contributed by atoms with Crippen LogP contribution in [-0.2, 0) is 0 Å². The van der Waals surface area contributed by atoms with Crippen molar-refractivity contribution in [1.29, 1.82) is 0 Å². The Morgan fingerprint density at radius 3 is 1.92 bits per heavy atom. The Morgan fingerprint density at radius 1 is 0.604 bits per heavy atom. The Morgan fingerprint density at radius 2 is 1.23 bits per heavy atom. The Balaban J connectivity index is 1.31. The lowest BCUT2D eigenvalue weighted by molar-refractivity contribution is 0.590. The lowest BCUT2D eigenvalue weighted by atomic mass is 9.49. The van der Waals surface area contributed by atoms with Crippen molar-refractivity contribution < 1.29 is 4.65 Å². The Labute approximate surface area is 287 Å². The topological polar surface area (TPSA) is 12.5 Å². The van der Waals surface area contributed by atoms with E-state index in [1.165, 1.54) is 93.6 Å². The monoisotopic (exact) mass is 637 g/mol. The average molecular weight is 638 g/mol. The molecule has 7 aromatic rings. The predicted octanol–water partition coefficient (Wildman–Crippen LogP) is 11.0. The second kappa shape index (κ2) is 10.7. The smallest absolute Gasteiger partial charge is 0.431 e. The first-order valence-electron chi connectivity index (χ1n) is 16.8. The van der Waals surface area contributed by atoms with Gasteiger partial charge in [-0.15, -0.1) is 11.3 Å². The Kier molecular flexibility index (Phi) is 6.51. The van der Waals surface area contributed by atoms with Crippen molar-refractivity contribution in [2.45, 2.75) is 41.5 Å². The highest BCUT2D eigenvalue weighted by Crippen LogP contribution is 2.48. The standard InChI is InChI=1S/C44H36BNOS/c1-25-19-27(3)40(28(4)20-25)31-11-14-34(15-12-31)46-38-16-13-32(41-29(5)21-26(2)22-30(41)6)24-37(38)45-42-36(35-9-7-8-10-39(35)47-45)23-33-17-18-48-44(33)43(42)46/h7-24H,1-6H3. The van der Waals surface area contributed by atoms with Gasteiger partial charge in [0.2, 0.25) is 0 Å². The van der Waals surface area contributed by atoms with Gasteiger partial charge < -0.3 is 9.55 Å². The largest absolute Gasteiger partial charge is 0.551 e. The number of rotatable bonds is 3. The number of hydrogen-bond acceptors (Lipinski definition) is 3. The van der Waals surface area contributed by atoms with Gasteiger partial charge in [0.05, 0.1) is 10.4 Å². The van der Waals surface area contributed by atoms with Crippen molar-refractivity contribution in [1.82, 2.24) is 0 Å². The fourth-order valence-electron chi connectivity index (χ4n) is 8.58. The molecule has 0 saturated heterocycles. The van der Waals surface area contributed by atoms with Crippen LogP contribution >= 0.6 is 11.3 Å². The van der Waals surface area contributed by atoms with Crippen LogP contribution in [0, 0.1) is 41.5 Å². The molecule has 0 saturated carbocycles. The zero-order valence-electron chi connectivity index (χ0n) is 28.2. The van der Waals surface area contributed by atoms with Gasteiger partial charge in [-0.25, -0.2) is 0 Å². The van der Waals surface area contributed by atoms with Crippen LogP contribution in [0.2, 0.25) is 0 Å². The average Bonchev–Trinajstić information content (AvgIpc) is 3.53. The van der Waals surface area contributed by atoms with E-state index in [0.717, 1.165) is 17.0 Å². The number of benzene rings is 6. The summed E-state index contributed by atoms with van der Waals surface area (Å²) in [4.78, 5) is 2.50. The molecule has 0 bridgehead atoms. The summed E-state index contributed by atoms with van der Waals surface area (Å²) >= 11 is 1.81. The normalized spacial score (nSPS) is 12.9. The highest BCUT2D eigenvalue weighted by molar-refractivity contribution is 7.18. The molecule has 2 aliphatic rings. The fraction of sp³-hybridized carbons (Fsp3) is 0.136. The molecule has 0 radical (unpaired) electrons. The van der Waals surface area contributed by atoms with Gasteiger partial charge in [0.15, 0.2) is 0 Å². The summed E-state index contributed by atoms with van der Waals surface area (Å²) in [5.41, 5.74) is 21.3. The fourth-order valence-corrected chi connectivity index (χ4v) is 9.50. The first-order valence-corrected chi connectivity index (χ1v) is 17.7. The third-order valence-electron chi connectivity index (χ3n) is 10.3. The minimum Gasteiger partial charge on any atom is -0.551 e. The van der Waals surface area contributed by atoms with Crippen LogP contribution in [0.5, 0.6) is 5.75 Å². The number of hydrogen-bond donors (Lipinski definition) is 0. The van der Waals surface area contributed by atoms with E-state index in [4.69, 9.17) is 4.65 Å². The molecular weight excluding hydrogens is 601 g/mol. The maximum atomic E-state index is 7.04. The molecular formula is C44H36BNOS. The van der Waals surface area contributed by atoms with Gasteiger partial charge in [-0.3, -0.25) is 0 Å². The molecule has 0 N–H and O–H groups in total. The summed E-state index contributed by atoms with van der Waals surface area (Å²) in [7, 11) is 0. The van der Waals surface area contributed by atoms with E-state index in [0.29, 0.717) is 0 Å². The Bertz CT molecular complexity index is 2410. The number of fused-ring (bicyclic) bond motifs is 6. The maximum absolute atomic E-state index is 7.04. The second-order valence-corrected chi connectivity index (χ2v) is 14.6. The van der Waals surface area contributed by atoms with Crippen molar-refractivity contribution >= 4 is 56.3 Å². The first-order chi connectivity index (χ1) is 23.3. The van der Waals surface area contributed by atoms with Crippen molar-refractivity contribution in [3.63, 3.8) is 0 Å². The molecule has 6 aromatic carbocycles. The van der Waals surface area contributed by atoms with E-state index in [1.54, 1.807) is 0 Å². The first kappa shape index (κ1) is 29.1. The summed E-state index contributed by atoms with van der Waals surface area (Å²) in [6.07, 6.45) is 0. The highest BCUT2D eigenvalue weighted by atomic mass is 32.1. The van der Waals surface area contributed by atoms with Gasteiger partial charge in [-0.05, 0) is 144 Å². The van der Waals surface area contributed by atoms with Crippen molar-refractivity contribution in [3.05, 3.63) is 142 Å². The molecule has 48 heavy (non-hydrogen) atoms. The summed E-state index contributed by atoms with van der Waals surface area (Å²) < 4.78 is 8.33. The van der Waals surface area contributed by atoms with Gasteiger partial charge in [0, 0.05) is 22.4 Å². The van der Waals surface area contributed by atoms with Crippen molar-refractivity contribution in [2.24, 2.45) is 0 Å². The lowest BCUT2D eigenvalue weighted by Gasteiger charge is -2.40. The summed E-state index contributed by atoms with van der Waals surface area (Å²) in [5, 5.41) is 3.49. The molecule has 0 fully saturated rings. The molecule has 3 heterocycles. The van der Waals surface area contributed by atoms with Crippen LogP contribution in [-0.4, -0.2) is 6.92 Å².